The molecule has 0 radical (unpaired) electrons. The average molecular weight is 229 g/mol. The molecule has 1 aromatic carbocycles. The minimum absolute atomic E-state index is 0.873. The SMILES string of the molecule is CCCN=c1c2ccccc2ncn1CCC. The molecule has 17 heavy (non-hydrogen) atoms. The van der Waals surface area contributed by atoms with Crippen molar-refractivity contribution in [3.63, 3.8) is 0 Å². The lowest BCUT2D eigenvalue weighted by atomic mass is 10.2. The van der Waals surface area contributed by atoms with Crippen LogP contribution in [0, 0.1) is 0 Å². The van der Waals surface area contributed by atoms with E-state index in [0.29, 0.717) is 0 Å². The molecule has 1 heterocycles. The van der Waals surface area contributed by atoms with Crippen LogP contribution in [0.4, 0.5) is 0 Å². The summed E-state index contributed by atoms with van der Waals surface area (Å²) in [5.74, 6) is 0. The largest absolute Gasteiger partial charge is 0.317 e. The fraction of sp³-hybridized carbons (Fsp3) is 0.429. The van der Waals surface area contributed by atoms with E-state index in [9.17, 15) is 0 Å². The molecule has 0 N–H and O–H groups in total. The van der Waals surface area contributed by atoms with E-state index < -0.39 is 0 Å². The number of rotatable bonds is 4. The minimum Gasteiger partial charge on any atom is -0.317 e. The number of benzene rings is 1. The molecule has 0 saturated heterocycles. The lowest BCUT2D eigenvalue weighted by molar-refractivity contribution is 0.631. The second-order valence-electron chi connectivity index (χ2n) is 4.16. The number of para-hydroxylation sites is 1. The third-order valence-electron chi connectivity index (χ3n) is 2.70. The van der Waals surface area contributed by atoms with Crippen molar-refractivity contribution >= 4 is 10.9 Å². The lowest BCUT2D eigenvalue weighted by Gasteiger charge is -2.07. The fourth-order valence-electron chi connectivity index (χ4n) is 1.91. The summed E-state index contributed by atoms with van der Waals surface area (Å²) in [6.45, 7) is 6.17. The Morgan fingerprint density at radius 3 is 2.76 bits per heavy atom. The molecule has 90 valence electrons. The van der Waals surface area contributed by atoms with Gasteiger partial charge in [0.2, 0.25) is 0 Å². The second kappa shape index (κ2) is 5.62. The second-order valence-corrected chi connectivity index (χ2v) is 4.16. The Labute approximate surface area is 102 Å². The van der Waals surface area contributed by atoms with E-state index in [1.54, 1.807) is 0 Å². The van der Waals surface area contributed by atoms with Gasteiger partial charge in [-0.1, -0.05) is 26.0 Å². The summed E-state index contributed by atoms with van der Waals surface area (Å²) in [5, 5.41) is 1.15. The Morgan fingerprint density at radius 1 is 1.18 bits per heavy atom. The Bertz CT molecular complexity index is 555. The van der Waals surface area contributed by atoms with Gasteiger partial charge in [0.05, 0.1) is 11.8 Å². The predicted octanol–water partition coefficient (Wildman–Crippen LogP) is 2.76. The van der Waals surface area contributed by atoms with Crippen LogP contribution in [0.3, 0.4) is 0 Å². The fourth-order valence-corrected chi connectivity index (χ4v) is 1.91. The summed E-state index contributed by atoms with van der Waals surface area (Å²) in [6.07, 6.45) is 4.07. The Hall–Kier alpha value is -1.64. The van der Waals surface area contributed by atoms with Crippen LogP contribution in [-0.4, -0.2) is 16.1 Å². The zero-order chi connectivity index (χ0) is 12.1. The van der Waals surface area contributed by atoms with Crippen LogP contribution in [0.2, 0.25) is 0 Å². The monoisotopic (exact) mass is 229 g/mol. The zero-order valence-corrected chi connectivity index (χ0v) is 10.6. The summed E-state index contributed by atoms with van der Waals surface area (Å²) in [4.78, 5) is 9.17. The van der Waals surface area contributed by atoms with Crippen LogP contribution >= 0.6 is 0 Å². The van der Waals surface area contributed by atoms with Gasteiger partial charge < -0.3 is 4.57 Å². The molecule has 0 atom stereocenters. The van der Waals surface area contributed by atoms with Crippen molar-refractivity contribution in [1.82, 2.24) is 9.55 Å². The zero-order valence-electron chi connectivity index (χ0n) is 10.6. The van der Waals surface area contributed by atoms with Crippen LogP contribution in [0.1, 0.15) is 26.7 Å². The van der Waals surface area contributed by atoms with Crippen molar-refractivity contribution in [2.75, 3.05) is 6.54 Å². The van der Waals surface area contributed by atoms with Crippen LogP contribution < -0.4 is 5.49 Å². The van der Waals surface area contributed by atoms with Gasteiger partial charge in [0, 0.05) is 18.5 Å². The highest BCUT2D eigenvalue weighted by molar-refractivity contribution is 5.76. The number of nitrogens with zero attached hydrogens (tertiary/aromatic N) is 3. The lowest BCUT2D eigenvalue weighted by Crippen LogP contribution is -2.22. The van der Waals surface area contributed by atoms with Crippen molar-refractivity contribution in [1.29, 1.82) is 0 Å². The van der Waals surface area contributed by atoms with E-state index in [4.69, 9.17) is 4.99 Å². The summed E-state index contributed by atoms with van der Waals surface area (Å²) in [5.41, 5.74) is 2.09. The third kappa shape index (κ3) is 2.54. The standard InChI is InChI=1S/C14H19N3/c1-3-9-15-14-12-7-5-6-8-13(12)16-11-17(14)10-4-2/h5-8,11H,3-4,9-10H2,1-2H3. The molecular weight excluding hydrogens is 210 g/mol. The normalized spacial score (nSPS) is 12.2. The van der Waals surface area contributed by atoms with E-state index in [1.165, 1.54) is 0 Å². The van der Waals surface area contributed by atoms with Crippen LogP contribution in [-0.2, 0) is 6.54 Å². The van der Waals surface area contributed by atoms with Crippen molar-refractivity contribution in [3.05, 3.63) is 36.1 Å². The molecule has 2 rings (SSSR count). The number of hydrogen-bond donors (Lipinski definition) is 0. The molecule has 1 aromatic heterocycles. The average Bonchev–Trinajstić information content (AvgIpc) is 2.37. The number of fused-ring (bicyclic) bond motifs is 1. The number of hydrogen-bond acceptors (Lipinski definition) is 2. The summed E-state index contributed by atoms with van der Waals surface area (Å²) < 4.78 is 2.15. The third-order valence-corrected chi connectivity index (χ3v) is 2.70. The molecule has 0 aliphatic rings. The molecule has 0 fully saturated rings. The summed E-state index contributed by atoms with van der Waals surface area (Å²) >= 11 is 0. The highest BCUT2D eigenvalue weighted by Crippen LogP contribution is 2.05. The molecule has 0 amide bonds. The topological polar surface area (TPSA) is 30.2 Å². The quantitative estimate of drug-likeness (QED) is 0.793. The first kappa shape index (κ1) is 11.8. The van der Waals surface area contributed by atoms with Gasteiger partial charge in [-0.3, -0.25) is 4.99 Å². The van der Waals surface area contributed by atoms with Crippen molar-refractivity contribution in [2.45, 2.75) is 33.2 Å². The molecular formula is C14H19N3. The van der Waals surface area contributed by atoms with Gasteiger partial charge in [0.1, 0.15) is 5.49 Å². The Morgan fingerprint density at radius 2 is 2.00 bits per heavy atom. The first-order valence-electron chi connectivity index (χ1n) is 6.31. The summed E-state index contributed by atoms with van der Waals surface area (Å²) in [6, 6.07) is 8.20. The summed E-state index contributed by atoms with van der Waals surface area (Å²) in [7, 11) is 0. The molecule has 0 bridgehead atoms. The maximum Gasteiger partial charge on any atom is 0.138 e. The first-order valence-corrected chi connectivity index (χ1v) is 6.31. The van der Waals surface area contributed by atoms with Gasteiger partial charge >= 0.3 is 0 Å². The van der Waals surface area contributed by atoms with Crippen LogP contribution in [0.15, 0.2) is 35.6 Å². The van der Waals surface area contributed by atoms with E-state index >= 15 is 0 Å². The smallest absolute Gasteiger partial charge is 0.138 e. The predicted molar refractivity (Wildman–Crippen MR) is 70.7 cm³/mol. The van der Waals surface area contributed by atoms with Crippen LogP contribution in [0.5, 0.6) is 0 Å². The van der Waals surface area contributed by atoms with Gasteiger partial charge in [-0.25, -0.2) is 4.98 Å². The molecule has 3 heteroatoms. The van der Waals surface area contributed by atoms with E-state index in [1.807, 2.05) is 24.5 Å². The molecule has 0 aliphatic carbocycles. The molecule has 3 nitrogen and oxygen atoms in total. The van der Waals surface area contributed by atoms with Gasteiger partial charge in [-0.05, 0) is 25.0 Å². The van der Waals surface area contributed by atoms with Gasteiger partial charge in [-0.2, -0.15) is 0 Å². The first-order chi connectivity index (χ1) is 8.36. The highest BCUT2D eigenvalue weighted by Gasteiger charge is 2.00. The minimum atomic E-state index is 0.873. The van der Waals surface area contributed by atoms with Gasteiger partial charge in [0.15, 0.2) is 0 Å². The molecule has 0 aliphatic heterocycles. The van der Waals surface area contributed by atoms with Gasteiger partial charge in [-0.15, -0.1) is 0 Å². The maximum absolute atomic E-state index is 4.69. The molecule has 0 unspecified atom stereocenters. The van der Waals surface area contributed by atoms with Gasteiger partial charge in [0.25, 0.3) is 0 Å². The van der Waals surface area contributed by atoms with Crippen molar-refractivity contribution < 1.29 is 0 Å². The van der Waals surface area contributed by atoms with E-state index in [-0.39, 0.29) is 0 Å². The number of aryl methyl sites for hydroxylation is 1. The Kier molecular flexibility index (Phi) is 3.91. The maximum atomic E-state index is 4.69. The number of aromatic nitrogens is 2. The van der Waals surface area contributed by atoms with E-state index in [0.717, 1.165) is 42.3 Å². The molecule has 0 saturated carbocycles. The van der Waals surface area contributed by atoms with Crippen LogP contribution in [0.25, 0.3) is 10.9 Å². The van der Waals surface area contributed by atoms with Crippen molar-refractivity contribution in [2.24, 2.45) is 4.99 Å². The molecule has 2 aromatic rings. The van der Waals surface area contributed by atoms with E-state index in [2.05, 4.69) is 29.5 Å². The van der Waals surface area contributed by atoms with Crippen molar-refractivity contribution in [3.8, 4) is 0 Å². The highest BCUT2D eigenvalue weighted by atomic mass is 15.1. The Balaban J connectivity index is 2.66. The molecule has 0 spiro atoms.